The number of rotatable bonds is 5. The minimum atomic E-state index is -1.29. The van der Waals surface area contributed by atoms with Crippen molar-refractivity contribution in [2.24, 2.45) is 0 Å². The maximum absolute atomic E-state index is 11.3. The fourth-order valence-electron chi connectivity index (χ4n) is 1.56. The molecule has 0 radical (unpaired) electrons. The molecular weight excluding hydrogens is 218 g/mol. The van der Waals surface area contributed by atoms with Gasteiger partial charge in [-0.25, -0.2) is 4.79 Å². The Hall–Kier alpha value is -1.92. The summed E-state index contributed by atoms with van der Waals surface area (Å²) < 4.78 is 0. The van der Waals surface area contributed by atoms with Crippen LogP contribution in [-0.4, -0.2) is 51.3 Å². The third-order valence-electron chi connectivity index (χ3n) is 2.31. The van der Waals surface area contributed by atoms with Gasteiger partial charge in [0.25, 0.3) is 0 Å². The SMILES string of the molecule is O=C(O)CC[C@@H](C(=O)O)N1CC(=O)CC1=O. The average molecular weight is 229 g/mol. The highest BCUT2D eigenvalue weighted by molar-refractivity contribution is 6.06. The lowest BCUT2D eigenvalue weighted by molar-refractivity contribution is -0.149. The number of hydrogen-bond acceptors (Lipinski definition) is 4. The molecule has 0 aliphatic carbocycles. The van der Waals surface area contributed by atoms with Crippen molar-refractivity contribution in [3.05, 3.63) is 0 Å². The Balaban J connectivity index is 2.70. The van der Waals surface area contributed by atoms with E-state index in [4.69, 9.17) is 10.2 Å². The van der Waals surface area contributed by atoms with Crippen molar-refractivity contribution < 1.29 is 29.4 Å². The summed E-state index contributed by atoms with van der Waals surface area (Å²) in [6, 6.07) is -1.23. The van der Waals surface area contributed by atoms with Gasteiger partial charge in [-0.2, -0.15) is 0 Å². The molecule has 0 aromatic heterocycles. The van der Waals surface area contributed by atoms with Gasteiger partial charge in [-0.15, -0.1) is 0 Å². The summed E-state index contributed by atoms with van der Waals surface area (Å²) in [6.07, 6.45) is -0.838. The lowest BCUT2D eigenvalue weighted by atomic mass is 10.1. The van der Waals surface area contributed by atoms with Crippen LogP contribution in [0.15, 0.2) is 0 Å². The topological polar surface area (TPSA) is 112 Å². The molecule has 0 spiro atoms. The van der Waals surface area contributed by atoms with Crippen LogP contribution in [0.3, 0.4) is 0 Å². The Bertz CT molecular complexity index is 350. The third-order valence-corrected chi connectivity index (χ3v) is 2.31. The first kappa shape index (κ1) is 12.2. The number of carbonyl (C=O) groups excluding carboxylic acids is 2. The van der Waals surface area contributed by atoms with Crippen LogP contribution in [-0.2, 0) is 19.2 Å². The monoisotopic (exact) mass is 229 g/mol. The standard InChI is InChI=1S/C9H11NO6/c11-5-3-7(12)10(4-5)6(9(15)16)1-2-8(13)14/h6H,1-4H2,(H,13,14)(H,15,16)/t6-/m0/s1. The van der Waals surface area contributed by atoms with Crippen molar-refractivity contribution in [1.82, 2.24) is 4.90 Å². The van der Waals surface area contributed by atoms with Gasteiger partial charge in [0.1, 0.15) is 6.04 Å². The molecule has 1 aliphatic rings. The second-order valence-electron chi connectivity index (χ2n) is 3.52. The van der Waals surface area contributed by atoms with Gasteiger partial charge < -0.3 is 15.1 Å². The number of hydrogen-bond donors (Lipinski definition) is 2. The molecule has 7 heteroatoms. The summed E-state index contributed by atoms with van der Waals surface area (Å²) in [4.78, 5) is 44.3. The number of aliphatic carboxylic acids is 2. The molecule has 2 N–H and O–H groups in total. The van der Waals surface area contributed by atoms with E-state index in [1.165, 1.54) is 0 Å². The van der Waals surface area contributed by atoms with E-state index >= 15 is 0 Å². The summed E-state index contributed by atoms with van der Waals surface area (Å²) in [5.74, 6) is -3.32. The summed E-state index contributed by atoms with van der Waals surface area (Å²) in [5.41, 5.74) is 0. The number of carboxylic acid groups (broad SMARTS) is 2. The zero-order valence-electron chi connectivity index (χ0n) is 8.38. The second kappa shape index (κ2) is 4.73. The predicted octanol–water partition coefficient (Wildman–Crippen LogP) is -0.894. The molecule has 0 saturated carbocycles. The van der Waals surface area contributed by atoms with Crippen LogP contribution in [0, 0.1) is 0 Å². The Morgan fingerprint density at radius 2 is 1.94 bits per heavy atom. The maximum atomic E-state index is 11.3. The molecule has 16 heavy (non-hydrogen) atoms. The second-order valence-corrected chi connectivity index (χ2v) is 3.52. The number of carbonyl (C=O) groups is 4. The number of likely N-dealkylation sites (tertiary alicyclic amines) is 1. The smallest absolute Gasteiger partial charge is 0.326 e. The van der Waals surface area contributed by atoms with Crippen molar-refractivity contribution in [3.8, 4) is 0 Å². The zero-order valence-corrected chi connectivity index (χ0v) is 8.38. The summed E-state index contributed by atoms with van der Waals surface area (Å²) >= 11 is 0. The molecule has 0 bridgehead atoms. The molecule has 1 heterocycles. The lowest BCUT2D eigenvalue weighted by Crippen LogP contribution is -2.42. The molecule has 0 aromatic carbocycles. The molecule has 1 rings (SSSR count). The minimum absolute atomic E-state index is 0.191. The molecule has 1 fully saturated rings. The van der Waals surface area contributed by atoms with Crippen LogP contribution in [0.25, 0.3) is 0 Å². The Morgan fingerprint density at radius 3 is 2.31 bits per heavy atom. The molecule has 1 saturated heterocycles. The van der Waals surface area contributed by atoms with Crippen molar-refractivity contribution in [3.63, 3.8) is 0 Å². The van der Waals surface area contributed by atoms with E-state index in [0.717, 1.165) is 4.90 Å². The summed E-state index contributed by atoms with van der Waals surface area (Å²) in [7, 11) is 0. The molecule has 1 amide bonds. The Labute approximate surface area is 90.6 Å². The van der Waals surface area contributed by atoms with Gasteiger partial charge in [0.2, 0.25) is 5.91 Å². The van der Waals surface area contributed by atoms with E-state index in [1.54, 1.807) is 0 Å². The van der Waals surface area contributed by atoms with Gasteiger partial charge in [-0.3, -0.25) is 14.4 Å². The lowest BCUT2D eigenvalue weighted by Gasteiger charge is -2.22. The van der Waals surface area contributed by atoms with Gasteiger partial charge in [0.15, 0.2) is 5.78 Å². The molecular formula is C9H11NO6. The van der Waals surface area contributed by atoms with Crippen molar-refractivity contribution in [2.45, 2.75) is 25.3 Å². The maximum Gasteiger partial charge on any atom is 0.326 e. The van der Waals surface area contributed by atoms with Gasteiger partial charge >= 0.3 is 11.9 Å². The molecule has 0 aromatic rings. The fourth-order valence-corrected chi connectivity index (χ4v) is 1.56. The van der Waals surface area contributed by atoms with Gasteiger partial charge in [0, 0.05) is 6.42 Å². The van der Waals surface area contributed by atoms with Crippen LogP contribution in [0.5, 0.6) is 0 Å². The quantitative estimate of drug-likeness (QED) is 0.591. The van der Waals surface area contributed by atoms with Gasteiger partial charge in [-0.1, -0.05) is 0 Å². The number of Topliss-reactive ketones (excluding diaryl/α,β-unsaturated/α-hetero) is 1. The molecule has 0 unspecified atom stereocenters. The Morgan fingerprint density at radius 1 is 1.31 bits per heavy atom. The van der Waals surface area contributed by atoms with Crippen LogP contribution in [0.4, 0.5) is 0 Å². The molecule has 88 valence electrons. The van der Waals surface area contributed by atoms with Crippen molar-refractivity contribution in [2.75, 3.05) is 6.54 Å². The van der Waals surface area contributed by atoms with E-state index in [9.17, 15) is 19.2 Å². The van der Waals surface area contributed by atoms with E-state index in [1.807, 2.05) is 0 Å². The first-order valence-electron chi connectivity index (χ1n) is 4.67. The highest BCUT2D eigenvalue weighted by Gasteiger charge is 2.36. The van der Waals surface area contributed by atoms with Gasteiger partial charge in [0.05, 0.1) is 13.0 Å². The zero-order chi connectivity index (χ0) is 12.3. The van der Waals surface area contributed by atoms with E-state index in [0.29, 0.717) is 0 Å². The molecule has 1 aliphatic heterocycles. The fraction of sp³-hybridized carbons (Fsp3) is 0.556. The number of amides is 1. The summed E-state index contributed by atoms with van der Waals surface area (Å²) in [6.45, 7) is -0.241. The van der Waals surface area contributed by atoms with Gasteiger partial charge in [-0.05, 0) is 6.42 Å². The van der Waals surface area contributed by atoms with Crippen LogP contribution in [0.1, 0.15) is 19.3 Å². The predicted molar refractivity (Wildman–Crippen MR) is 49.6 cm³/mol. The van der Waals surface area contributed by atoms with Crippen LogP contribution >= 0.6 is 0 Å². The van der Waals surface area contributed by atoms with E-state index in [-0.39, 0.29) is 31.6 Å². The normalized spacial score (nSPS) is 17.6. The van der Waals surface area contributed by atoms with Crippen molar-refractivity contribution >= 4 is 23.6 Å². The summed E-state index contributed by atoms with van der Waals surface area (Å²) in [5, 5.41) is 17.3. The third kappa shape index (κ3) is 2.78. The first-order valence-corrected chi connectivity index (χ1v) is 4.67. The van der Waals surface area contributed by atoms with Crippen molar-refractivity contribution in [1.29, 1.82) is 0 Å². The van der Waals surface area contributed by atoms with Crippen LogP contribution < -0.4 is 0 Å². The number of ketones is 1. The molecule has 7 nitrogen and oxygen atoms in total. The average Bonchev–Trinajstić information content (AvgIpc) is 2.45. The van der Waals surface area contributed by atoms with E-state index < -0.39 is 23.9 Å². The van der Waals surface area contributed by atoms with Crippen LogP contribution in [0.2, 0.25) is 0 Å². The Kier molecular flexibility index (Phi) is 3.60. The largest absolute Gasteiger partial charge is 0.481 e. The molecule has 1 atom stereocenters. The highest BCUT2D eigenvalue weighted by atomic mass is 16.4. The number of nitrogens with zero attached hydrogens (tertiary/aromatic N) is 1. The van der Waals surface area contributed by atoms with E-state index in [2.05, 4.69) is 0 Å². The minimum Gasteiger partial charge on any atom is -0.481 e. The number of carboxylic acids is 2. The highest BCUT2D eigenvalue weighted by Crippen LogP contribution is 2.15. The first-order chi connectivity index (χ1) is 7.41.